The average molecular weight is 399 g/mol. The monoisotopic (exact) mass is 398 g/mol. The second kappa shape index (κ2) is 8.41. The summed E-state index contributed by atoms with van der Waals surface area (Å²) < 4.78 is 10.3. The van der Waals surface area contributed by atoms with Gasteiger partial charge in [-0.2, -0.15) is 5.10 Å². The number of nitrogens with one attached hydrogen (secondary N) is 1. The van der Waals surface area contributed by atoms with Gasteiger partial charge in [0.25, 0.3) is 5.91 Å². The number of hydrogen-bond acceptors (Lipinski definition) is 6. The molecule has 2 aromatic carbocycles. The van der Waals surface area contributed by atoms with Gasteiger partial charge in [-0.25, -0.2) is 10.2 Å². The molecule has 0 bridgehead atoms. The molecule has 1 aromatic heterocycles. The number of para-hydroxylation sites is 1. The number of nitrogens with zero attached hydrogens (tertiary/aromatic N) is 1. The summed E-state index contributed by atoms with van der Waals surface area (Å²) in [5, 5.41) is 13.9. The number of hydrazone groups is 1. The minimum atomic E-state index is -0.560. The summed E-state index contributed by atoms with van der Waals surface area (Å²) in [5.74, 6) is -0.417. The van der Waals surface area contributed by atoms with Crippen LogP contribution in [0.4, 0.5) is 0 Å². The van der Waals surface area contributed by atoms with Gasteiger partial charge in [-0.15, -0.1) is 0 Å². The van der Waals surface area contributed by atoms with Crippen molar-refractivity contribution in [2.75, 3.05) is 7.11 Å². The van der Waals surface area contributed by atoms with Crippen molar-refractivity contribution in [3.8, 4) is 17.1 Å². The van der Waals surface area contributed by atoms with Crippen molar-refractivity contribution in [3.05, 3.63) is 76.5 Å². The van der Waals surface area contributed by atoms with Crippen LogP contribution < -0.4 is 5.43 Å². The van der Waals surface area contributed by atoms with Gasteiger partial charge < -0.3 is 14.3 Å². The van der Waals surface area contributed by atoms with Gasteiger partial charge >= 0.3 is 5.97 Å². The van der Waals surface area contributed by atoms with Crippen molar-refractivity contribution in [1.29, 1.82) is 0 Å². The Morgan fingerprint density at radius 1 is 1.18 bits per heavy atom. The Morgan fingerprint density at radius 3 is 2.71 bits per heavy atom. The maximum absolute atomic E-state index is 12.0. The predicted molar refractivity (Wildman–Crippen MR) is 104 cm³/mol. The third-order valence-electron chi connectivity index (χ3n) is 3.79. The van der Waals surface area contributed by atoms with Gasteiger partial charge in [0.1, 0.15) is 17.3 Å². The molecule has 1 amide bonds. The van der Waals surface area contributed by atoms with Crippen molar-refractivity contribution in [1.82, 2.24) is 5.43 Å². The molecule has 0 unspecified atom stereocenters. The Labute approximate surface area is 165 Å². The van der Waals surface area contributed by atoms with Crippen molar-refractivity contribution >= 4 is 29.7 Å². The number of aromatic hydroxyl groups is 1. The van der Waals surface area contributed by atoms with E-state index in [-0.39, 0.29) is 11.3 Å². The van der Waals surface area contributed by atoms with E-state index >= 15 is 0 Å². The van der Waals surface area contributed by atoms with Gasteiger partial charge in [0.15, 0.2) is 0 Å². The number of carbonyl (C=O) groups is 2. The molecule has 2 N–H and O–H groups in total. The number of ether oxygens (including phenoxy) is 1. The molecule has 0 spiro atoms. The maximum atomic E-state index is 12.0. The first kappa shape index (κ1) is 19.2. The first-order valence-electron chi connectivity index (χ1n) is 8.09. The van der Waals surface area contributed by atoms with Gasteiger partial charge in [0.2, 0.25) is 0 Å². The number of phenolic OH excluding ortho intramolecular Hbond substituents is 1. The quantitative estimate of drug-likeness (QED) is 0.386. The normalized spacial score (nSPS) is 10.8. The molecule has 1 heterocycles. The molecule has 0 aliphatic carbocycles. The van der Waals surface area contributed by atoms with Gasteiger partial charge in [0, 0.05) is 5.56 Å². The smallest absolute Gasteiger partial charge is 0.337 e. The zero-order chi connectivity index (χ0) is 20.1. The van der Waals surface area contributed by atoms with Crippen molar-refractivity contribution in [2.24, 2.45) is 5.10 Å². The topological polar surface area (TPSA) is 101 Å². The first-order chi connectivity index (χ1) is 13.5. The van der Waals surface area contributed by atoms with Gasteiger partial charge in [0.05, 0.1) is 29.5 Å². The summed E-state index contributed by atoms with van der Waals surface area (Å²) in [4.78, 5) is 23.7. The molecule has 0 radical (unpaired) electrons. The fourth-order valence-electron chi connectivity index (χ4n) is 2.41. The summed E-state index contributed by atoms with van der Waals surface area (Å²) in [7, 11) is 1.29. The van der Waals surface area contributed by atoms with Gasteiger partial charge in [-0.05, 0) is 42.5 Å². The van der Waals surface area contributed by atoms with E-state index in [1.54, 1.807) is 42.5 Å². The molecular formula is C20H15ClN2O5. The molecule has 8 heteroatoms. The number of benzene rings is 2. The standard InChI is InChI=1S/C20H15ClN2O5/c1-27-20(26)12-6-8-16(21)15(10-12)18-9-7-13(28-18)11-22-23-19(25)14-4-2-3-5-17(14)24/h2-11,24H,1H3,(H,23,25)/b22-11+. The molecule has 0 atom stereocenters. The average Bonchev–Trinajstić information content (AvgIpc) is 3.16. The van der Waals surface area contributed by atoms with Crippen LogP contribution >= 0.6 is 11.6 Å². The minimum Gasteiger partial charge on any atom is -0.507 e. The molecule has 0 saturated carbocycles. The third kappa shape index (κ3) is 4.21. The Hall–Kier alpha value is -3.58. The predicted octanol–water partition coefficient (Wildman–Crippen LogP) is 3.86. The van der Waals surface area contributed by atoms with Crippen LogP contribution in [0.25, 0.3) is 11.3 Å². The fraction of sp³-hybridized carbons (Fsp3) is 0.0500. The van der Waals surface area contributed by atoms with Crippen LogP contribution in [0.5, 0.6) is 5.75 Å². The van der Waals surface area contributed by atoms with E-state index in [4.69, 9.17) is 20.8 Å². The number of hydrogen-bond donors (Lipinski definition) is 2. The Kier molecular flexibility index (Phi) is 5.76. The third-order valence-corrected chi connectivity index (χ3v) is 4.12. The molecule has 0 aliphatic heterocycles. The summed E-state index contributed by atoms with van der Waals surface area (Å²) in [6.45, 7) is 0. The highest BCUT2D eigenvalue weighted by atomic mass is 35.5. The van der Waals surface area contributed by atoms with Crippen LogP contribution in [0.15, 0.2) is 64.1 Å². The van der Waals surface area contributed by atoms with E-state index in [1.165, 1.54) is 25.5 Å². The molecule has 3 rings (SSSR count). The number of halogens is 1. The fourth-order valence-corrected chi connectivity index (χ4v) is 2.62. The second-order valence-electron chi connectivity index (χ2n) is 5.60. The maximum Gasteiger partial charge on any atom is 0.337 e. The molecule has 142 valence electrons. The number of esters is 1. The lowest BCUT2D eigenvalue weighted by Crippen LogP contribution is -2.17. The van der Waals surface area contributed by atoms with Crippen molar-refractivity contribution in [3.63, 3.8) is 0 Å². The van der Waals surface area contributed by atoms with Gasteiger partial charge in [-0.3, -0.25) is 4.79 Å². The van der Waals surface area contributed by atoms with Crippen LogP contribution in [-0.2, 0) is 4.74 Å². The summed E-state index contributed by atoms with van der Waals surface area (Å²) in [6.07, 6.45) is 1.31. The number of phenols is 1. The summed E-state index contributed by atoms with van der Waals surface area (Å²) >= 11 is 6.19. The highest BCUT2D eigenvalue weighted by molar-refractivity contribution is 6.33. The molecule has 0 aliphatic rings. The van der Waals surface area contributed by atoms with E-state index in [0.717, 1.165) is 0 Å². The Bertz CT molecular complexity index is 1060. The number of methoxy groups -OCH3 is 1. The van der Waals surface area contributed by atoms with Crippen LogP contribution in [0.1, 0.15) is 26.5 Å². The van der Waals surface area contributed by atoms with Crippen molar-refractivity contribution < 1.29 is 23.8 Å². The second-order valence-corrected chi connectivity index (χ2v) is 6.01. The molecule has 0 saturated heterocycles. The molecule has 28 heavy (non-hydrogen) atoms. The number of furan rings is 1. The summed E-state index contributed by atoms with van der Waals surface area (Å²) in [6, 6.07) is 14.1. The SMILES string of the molecule is COC(=O)c1ccc(Cl)c(-c2ccc(/C=N/NC(=O)c3ccccc3O)o2)c1. The van der Waals surface area contributed by atoms with E-state index < -0.39 is 11.9 Å². The first-order valence-corrected chi connectivity index (χ1v) is 8.47. The lowest BCUT2D eigenvalue weighted by Gasteiger charge is -2.04. The lowest BCUT2D eigenvalue weighted by atomic mass is 10.1. The zero-order valence-electron chi connectivity index (χ0n) is 14.7. The molecular weight excluding hydrogens is 384 g/mol. The highest BCUT2D eigenvalue weighted by Crippen LogP contribution is 2.30. The zero-order valence-corrected chi connectivity index (χ0v) is 15.4. The minimum absolute atomic E-state index is 0.103. The Balaban J connectivity index is 1.74. The van der Waals surface area contributed by atoms with Crippen LogP contribution in [0, 0.1) is 0 Å². The van der Waals surface area contributed by atoms with E-state index in [1.807, 2.05) is 0 Å². The molecule has 3 aromatic rings. The largest absolute Gasteiger partial charge is 0.507 e. The number of carbonyl (C=O) groups excluding carboxylic acids is 2. The van der Waals surface area contributed by atoms with Gasteiger partial charge in [-0.1, -0.05) is 23.7 Å². The Morgan fingerprint density at radius 2 is 1.96 bits per heavy atom. The van der Waals surface area contributed by atoms with Crippen LogP contribution in [-0.4, -0.2) is 30.3 Å². The van der Waals surface area contributed by atoms with Crippen LogP contribution in [0.3, 0.4) is 0 Å². The molecule has 7 nitrogen and oxygen atoms in total. The lowest BCUT2D eigenvalue weighted by molar-refractivity contribution is 0.0600. The van der Waals surface area contributed by atoms with E-state index in [9.17, 15) is 14.7 Å². The van der Waals surface area contributed by atoms with E-state index in [2.05, 4.69) is 10.5 Å². The van der Waals surface area contributed by atoms with E-state index in [0.29, 0.717) is 27.7 Å². The highest BCUT2D eigenvalue weighted by Gasteiger charge is 2.13. The number of amides is 1. The van der Waals surface area contributed by atoms with Crippen LogP contribution in [0.2, 0.25) is 5.02 Å². The number of rotatable bonds is 5. The van der Waals surface area contributed by atoms with Crippen molar-refractivity contribution in [2.45, 2.75) is 0 Å². The summed E-state index contributed by atoms with van der Waals surface area (Å²) in [5.41, 5.74) is 3.26. The molecule has 0 fully saturated rings.